The van der Waals surface area contributed by atoms with Crippen molar-refractivity contribution in [2.45, 2.75) is 0 Å². The van der Waals surface area contributed by atoms with E-state index in [1.165, 1.54) is 11.8 Å². The fourth-order valence-corrected chi connectivity index (χ4v) is 3.42. The highest BCUT2D eigenvalue weighted by Crippen LogP contribution is 2.34. The van der Waals surface area contributed by atoms with Crippen molar-refractivity contribution in [1.82, 2.24) is 5.32 Å². The molecule has 4 nitrogen and oxygen atoms in total. The Kier molecular flexibility index (Phi) is 5.00. The molecular weight excluding hydrogens is 408 g/mol. The third-order valence-electron chi connectivity index (χ3n) is 3.13. The number of nitrogens with one attached hydrogen (secondary N) is 1. The number of nitrogens with zero attached hydrogens (tertiary/aromatic N) is 1. The van der Waals surface area contributed by atoms with Crippen LogP contribution in [0.1, 0.15) is 11.1 Å². The fraction of sp³-hybridized carbons (Fsp3) is 0. The van der Waals surface area contributed by atoms with Gasteiger partial charge >= 0.3 is 0 Å². The molecule has 0 spiro atoms. The maximum atomic E-state index is 11.8. The molecule has 0 aliphatic carbocycles. The quantitative estimate of drug-likeness (QED) is 0.584. The lowest BCUT2D eigenvalue weighted by Crippen LogP contribution is -2.17. The van der Waals surface area contributed by atoms with Crippen LogP contribution in [0.2, 0.25) is 0 Å². The average molecular weight is 417 g/mol. The van der Waals surface area contributed by atoms with Crippen LogP contribution in [0.4, 0.5) is 0 Å². The Labute approximate surface area is 156 Å². The van der Waals surface area contributed by atoms with Gasteiger partial charge in [0.1, 0.15) is 21.9 Å². The van der Waals surface area contributed by atoms with Gasteiger partial charge < -0.3 is 10.1 Å². The van der Waals surface area contributed by atoms with Gasteiger partial charge in [0.25, 0.3) is 5.91 Å². The van der Waals surface area contributed by atoms with Gasteiger partial charge in [0.2, 0.25) is 0 Å². The van der Waals surface area contributed by atoms with Crippen LogP contribution >= 0.6 is 39.9 Å². The lowest BCUT2D eigenvalue weighted by molar-refractivity contribution is -0.115. The van der Waals surface area contributed by atoms with E-state index in [4.69, 9.17) is 17.0 Å². The molecular formula is C17H9BrN2O2S2. The Hall–Kier alpha value is -2.14. The number of benzene rings is 2. The van der Waals surface area contributed by atoms with Crippen LogP contribution in [0.5, 0.6) is 11.5 Å². The van der Waals surface area contributed by atoms with Crippen LogP contribution in [-0.4, -0.2) is 10.2 Å². The molecule has 1 aliphatic heterocycles. The molecule has 0 saturated carbocycles. The number of nitriles is 1. The number of halogens is 1. The van der Waals surface area contributed by atoms with E-state index in [0.717, 1.165) is 4.47 Å². The maximum absolute atomic E-state index is 11.8. The molecule has 1 fully saturated rings. The summed E-state index contributed by atoms with van der Waals surface area (Å²) in [6.07, 6.45) is 1.72. The van der Waals surface area contributed by atoms with E-state index >= 15 is 0 Å². The minimum atomic E-state index is -0.226. The molecule has 24 heavy (non-hydrogen) atoms. The largest absolute Gasteiger partial charge is 0.455 e. The summed E-state index contributed by atoms with van der Waals surface area (Å²) in [6.45, 7) is 0. The Morgan fingerprint density at radius 1 is 1.25 bits per heavy atom. The zero-order valence-electron chi connectivity index (χ0n) is 12.1. The Bertz CT molecular complexity index is 919. The number of carbonyl (C=O) groups is 1. The first-order valence-electron chi connectivity index (χ1n) is 6.78. The Balaban J connectivity index is 2.01. The molecule has 1 aliphatic rings. The van der Waals surface area contributed by atoms with E-state index in [2.05, 4.69) is 27.3 Å². The average Bonchev–Trinajstić information content (AvgIpc) is 2.88. The third kappa shape index (κ3) is 3.67. The van der Waals surface area contributed by atoms with Crippen LogP contribution in [0.25, 0.3) is 6.08 Å². The summed E-state index contributed by atoms with van der Waals surface area (Å²) in [5, 5.41) is 11.8. The van der Waals surface area contributed by atoms with Crippen LogP contribution in [0.3, 0.4) is 0 Å². The number of amides is 1. The summed E-state index contributed by atoms with van der Waals surface area (Å²) in [4.78, 5) is 12.3. The van der Waals surface area contributed by atoms with Gasteiger partial charge in [0.05, 0.1) is 10.5 Å². The van der Waals surface area contributed by atoms with Gasteiger partial charge in [-0.2, -0.15) is 5.26 Å². The van der Waals surface area contributed by atoms with Gasteiger partial charge in [-0.3, -0.25) is 4.79 Å². The molecule has 0 aromatic heterocycles. The van der Waals surface area contributed by atoms with Crippen molar-refractivity contribution >= 4 is 56.2 Å². The van der Waals surface area contributed by atoms with Crippen LogP contribution in [0, 0.1) is 11.3 Å². The first kappa shape index (κ1) is 16.7. The molecule has 3 rings (SSSR count). The minimum absolute atomic E-state index is 0.226. The van der Waals surface area contributed by atoms with E-state index in [9.17, 15) is 10.1 Å². The molecule has 1 saturated heterocycles. The monoisotopic (exact) mass is 416 g/mol. The lowest BCUT2D eigenvalue weighted by Gasteiger charge is -2.11. The van der Waals surface area contributed by atoms with Crippen LogP contribution in [-0.2, 0) is 4.79 Å². The Morgan fingerprint density at radius 2 is 2.04 bits per heavy atom. The standard InChI is InChI=1S/C17H9BrN2O2S2/c18-12-6-5-10(7-15-16(21)20-17(23)24-15)14(8-12)22-13-4-2-1-3-11(13)9-19/h1-8H,(H,20,21,23)/b15-7-. The molecule has 0 atom stereocenters. The summed E-state index contributed by atoms with van der Waals surface area (Å²) in [7, 11) is 0. The number of thioether (sulfide) groups is 1. The highest BCUT2D eigenvalue weighted by Gasteiger charge is 2.22. The number of carbonyl (C=O) groups excluding carboxylic acids is 1. The first-order valence-corrected chi connectivity index (χ1v) is 8.80. The van der Waals surface area contributed by atoms with Crippen molar-refractivity contribution in [3.63, 3.8) is 0 Å². The van der Waals surface area contributed by atoms with E-state index in [-0.39, 0.29) is 5.91 Å². The van der Waals surface area contributed by atoms with Crippen LogP contribution < -0.4 is 10.1 Å². The summed E-state index contributed by atoms with van der Waals surface area (Å²) in [5.41, 5.74) is 1.15. The zero-order chi connectivity index (χ0) is 17.1. The summed E-state index contributed by atoms with van der Waals surface area (Å²) < 4.78 is 7.17. The number of ether oxygens (including phenoxy) is 1. The predicted molar refractivity (Wildman–Crippen MR) is 102 cm³/mol. The summed E-state index contributed by atoms with van der Waals surface area (Å²) >= 11 is 9.61. The zero-order valence-corrected chi connectivity index (χ0v) is 15.3. The topological polar surface area (TPSA) is 62.1 Å². The van der Waals surface area contributed by atoms with E-state index in [0.29, 0.717) is 31.9 Å². The molecule has 1 amide bonds. The van der Waals surface area contributed by atoms with E-state index < -0.39 is 0 Å². The molecule has 1 heterocycles. The molecule has 0 bridgehead atoms. The molecule has 0 radical (unpaired) electrons. The fourth-order valence-electron chi connectivity index (χ4n) is 2.04. The number of rotatable bonds is 3. The smallest absolute Gasteiger partial charge is 0.263 e. The highest BCUT2D eigenvalue weighted by molar-refractivity contribution is 9.10. The highest BCUT2D eigenvalue weighted by atomic mass is 79.9. The molecule has 2 aromatic carbocycles. The maximum Gasteiger partial charge on any atom is 0.263 e. The normalized spacial score (nSPS) is 15.2. The van der Waals surface area contributed by atoms with E-state index in [1.54, 1.807) is 36.4 Å². The number of para-hydroxylation sites is 1. The SMILES string of the molecule is N#Cc1ccccc1Oc1cc(Br)ccc1/C=C1\SC(=S)NC1=O. The van der Waals surface area contributed by atoms with Crippen molar-refractivity contribution in [2.75, 3.05) is 0 Å². The molecule has 0 unspecified atom stereocenters. The second-order valence-electron chi connectivity index (χ2n) is 4.74. The van der Waals surface area contributed by atoms with Crippen molar-refractivity contribution < 1.29 is 9.53 Å². The first-order chi connectivity index (χ1) is 11.6. The van der Waals surface area contributed by atoms with Gasteiger partial charge in [-0.1, -0.05) is 58.1 Å². The second kappa shape index (κ2) is 7.18. The van der Waals surface area contributed by atoms with Gasteiger partial charge in [-0.05, 0) is 30.3 Å². The second-order valence-corrected chi connectivity index (χ2v) is 7.38. The van der Waals surface area contributed by atoms with Gasteiger partial charge in [0, 0.05) is 10.0 Å². The number of hydrogen-bond donors (Lipinski definition) is 1. The third-order valence-corrected chi connectivity index (χ3v) is 4.79. The van der Waals surface area contributed by atoms with Crippen molar-refractivity contribution in [1.29, 1.82) is 5.26 Å². The van der Waals surface area contributed by atoms with Crippen molar-refractivity contribution in [3.8, 4) is 17.6 Å². The van der Waals surface area contributed by atoms with Gasteiger partial charge in [-0.25, -0.2) is 0 Å². The van der Waals surface area contributed by atoms with Gasteiger partial charge in [0.15, 0.2) is 0 Å². The predicted octanol–water partition coefficient (Wildman–Crippen LogP) is 4.60. The van der Waals surface area contributed by atoms with Crippen molar-refractivity contribution in [2.24, 2.45) is 0 Å². The lowest BCUT2D eigenvalue weighted by atomic mass is 10.1. The van der Waals surface area contributed by atoms with Gasteiger partial charge in [-0.15, -0.1) is 0 Å². The molecule has 2 aromatic rings. The molecule has 7 heteroatoms. The molecule has 1 N–H and O–H groups in total. The van der Waals surface area contributed by atoms with Crippen LogP contribution in [0.15, 0.2) is 51.8 Å². The summed E-state index contributed by atoms with van der Waals surface area (Å²) in [6, 6.07) is 14.5. The number of hydrogen-bond acceptors (Lipinski definition) is 5. The summed E-state index contributed by atoms with van der Waals surface area (Å²) in [5.74, 6) is 0.763. The minimum Gasteiger partial charge on any atom is -0.455 e. The Morgan fingerprint density at radius 3 is 2.75 bits per heavy atom. The van der Waals surface area contributed by atoms with Crippen molar-refractivity contribution in [3.05, 3.63) is 63.0 Å². The molecule has 118 valence electrons. The number of thiocarbonyl (C=S) groups is 1. The van der Waals surface area contributed by atoms with E-state index in [1.807, 2.05) is 12.1 Å².